The van der Waals surface area contributed by atoms with Gasteiger partial charge in [-0.05, 0) is 25.0 Å². The number of unbranched alkanes of at least 4 members (excludes halogenated alkanes) is 2. The maximum absolute atomic E-state index is 12.1. The summed E-state index contributed by atoms with van der Waals surface area (Å²) in [6, 6.07) is 4.27. The molecule has 0 atom stereocenters. The van der Waals surface area contributed by atoms with Gasteiger partial charge in [0.05, 0.1) is 21.7 Å². The van der Waals surface area contributed by atoms with Crippen molar-refractivity contribution in [2.24, 2.45) is 0 Å². The Kier molecular flexibility index (Phi) is 6.42. The van der Waals surface area contributed by atoms with Crippen LogP contribution in [0, 0.1) is 11.3 Å². The Bertz CT molecular complexity index is 683. The Labute approximate surface area is 132 Å². The van der Waals surface area contributed by atoms with Gasteiger partial charge in [-0.1, -0.05) is 23.2 Å². The Morgan fingerprint density at radius 2 is 2.00 bits per heavy atom. The number of carboxylic acids is 1. The highest BCUT2D eigenvalue weighted by Gasteiger charge is 2.24. The summed E-state index contributed by atoms with van der Waals surface area (Å²) < 4.78 is 26.5. The van der Waals surface area contributed by atoms with Crippen molar-refractivity contribution in [1.82, 2.24) is 4.72 Å². The zero-order chi connectivity index (χ0) is 16.0. The molecule has 0 aliphatic carbocycles. The Hall–Kier alpha value is -1.33. The number of rotatable bonds is 7. The molecule has 0 fully saturated rings. The summed E-state index contributed by atoms with van der Waals surface area (Å²) in [4.78, 5) is 10.7. The molecule has 21 heavy (non-hydrogen) atoms. The third-order valence-corrected chi connectivity index (χ3v) is 4.89. The smallest absolute Gasteiger partial charge is 0.338 e. The van der Waals surface area contributed by atoms with Crippen LogP contribution in [-0.2, 0) is 10.0 Å². The number of nitrogens with zero attached hydrogens (tertiary/aromatic N) is 1. The van der Waals surface area contributed by atoms with Crippen LogP contribution in [0.2, 0.25) is 10.0 Å². The van der Waals surface area contributed by atoms with Crippen LogP contribution in [-0.4, -0.2) is 26.0 Å². The van der Waals surface area contributed by atoms with Gasteiger partial charge in [-0.25, -0.2) is 17.9 Å². The van der Waals surface area contributed by atoms with E-state index in [4.69, 9.17) is 33.6 Å². The molecule has 0 aromatic heterocycles. The zero-order valence-electron chi connectivity index (χ0n) is 10.8. The Morgan fingerprint density at radius 1 is 1.33 bits per heavy atom. The van der Waals surface area contributed by atoms with E-state index in [9.17, 15) is 13.2 Å². The molecule has 0 bridgehead atoms. The number of carboxylic acid groups (broad SMARTS) is 1. The van der Waals surface area contributed by atoms with Gasteiger partial charge in [0, 0.05) is 13.0 Å². The molecule has 0 radical (unpaired) electrons. The minimum atomic E-state index is -3.94. The first-order valence-corrected chi connectivity index (χ1v) is 8.13. The van der Waals surface area contributed by atoms with Crippen LogP contribution in [0.1, 0.15) is 29.6 Å². The molecule has 1 rings (SSSR count). The van der Waals surface area contributed by atoms with Gasteiger partial charge in [0.25, 0.3) is 0 Å². The van der Waals surface area contributed by atoms with E-state index >= 15 is 0 Å². The van der Waals surface area contributed by atoms with E-state index in [-0.39, 0.29) is 16.5 Å². The number of nitriles is 1. The second-order valence-electron chi connectivity index (χ2n) is 4.05. The normalized spacial score (nSPS) is 11.1. The van der Waals surface area contributed by atoms with Crippen LogP contribution in [0.25, 0.3) is 0 Å². The number of aromatic carboxylic acids is 1. The van der Waals surface area contributed by atoms with E-state index in [0.29, 0.717) is 19.3 Å². The average molecular weight is 351 g/mol. The SMILES string of the molecule is N#CCCCCNS(=O)(=O)c1ccc(Cl)c(C(=O)O)c1Cl. The first-order valence-electron chi connectivity index (χ1n) is 5.89. The van der Waals surface area contributed by atoms with Gasteiger partial charge in [0.1, 0.15) is 4.90 Å². The van der Waals surface area contributed by atoms with Gasteiger partial charge in [0.15, 0.2) is 0 Å². The third-order valence-electron chi connectivity index (χ3n) is 2.57. The number of carbonyl (C=O) groups is 1. The predicted octanol–water partition coefficient (Wildman–Crippen LogP) is 2.66. The van der Waals surface area contributed by atoms with Crippen molar-refractivity contribution >= 4 is 39.2 Å². The minimum Gasteiger partial charge on any atom is -0.478 e. The summed E-state index contributed by atoms with van der Waals surface area (Å²) in [7, 11) is -3.94. The lowest BCUT2D eigenvalue weighted by atomic mass is 10.2. The molecule has 0 aliphatic rings. The fourth-order valence-corrected chi connectivity index (χ4v) is 3.54. The van der Waals surface area contributed by atoms with Crippen molar-refractivity contribution in [3.63, 3.8) is 0 Å². The van der Waals surface area contributed by atoms with Crippen LogP contribution in [0.3, 0.4) is 0 Å². The number of hydrogen-bond donors (Lipinski definition) is 2. The van der Waals surface area contributed by atoms with E-state index in [1.165, 1.54) is 6.07 Å². The summed E-state index contributed by atoms with van der Waals surface area (Å²) >= 11 is 11.5. The number of hydrogen-bond acceptors (Lipinski definition) is 4. The predicted molar refractivity (Wildman–Crippen MR) is 78.1 cm³/mol. The van der Waals surface area contributed by atoms with Gasteiger partial charge in [-0.15, -0.1) is 0 Å². The summed E-state index contributed by atoms with van der Waals surface area (Å²) in [5.74, 6) is -1.41. The van der Waals surface area contributed by atoms with Gasteiger partial charge in [0.2, 0.25) is 10.0 Å². The molecule has 9 heteroatoms. The quantitative estimate of drug-likeness (QED) is 0.735. The molecule has 0 amide bonds. The van der Waals surface area contributed by atoms with E-state index in [0.717, 1.165) is 6.07 Å². The van der Waals surface area contributed by atoms with Gasteiger partial charge in [-0.3, -0.25) is 0 Å². The molecular weight excluding hydrogens is 339 g/mol. The zero-order valence-corrected chi connectivity index (χ0v) is 13.1. The van der Waals surface area contributed by atoms with Crippen molar-refractivity contribution in [2.75, 3.05) is 6.54 Å². The number of benzene rings is 1. The van der Waals surface area contributed by atoms with Crippen LogP contribution >= 0.6 is 23.2 Å². The number of nitrogens with one attached hydrogen (secondary N) is 1. The highest BCUT2D eigenvalue weighted by Crippen LogP contribution is 2.30. The largest absolute Gasteiger partial charge is 0.478 e. The van der Waals surface area contributed by atoms with E-state index in [1.807, 2.05) is 6.07 Å². The van der Waals surface area contributed by atoms with Gasteiger partial charge < -0.3 is 5.11 Å². The van der Waals surface area contributed by atoms with E-state index in [2.05, 4.69) is 4.72 Å². The molecule has 2 N–H and O–H groups in total. The lowest BCUT2D eigenvalue weighted by Crippen LogP contribution is -2.25. The lowest BCUT2D eigenvalue weighted by molar-refractivity contribution is 0.0697. The van der Waals surface area contributed by atoms with Crippen molar-refractivity contribution in [3.05, 3.63) is 27.7 Å². The molecule has 1 aromatic carbocycles. The lowest BCUT2D eigenvalue weighted by Gasteiger charge is -2.10. The Balaban J connectivity index is 2.97. The van der Waals surface area contributed by atoms with Crippen molar-refractivity contribution in [1.29, 1.82) is 5.26 Å². The molecule has 6 nitrogen and oxygen atoms in total. The molecule has 114 valence electrons. The van der Waals surface area contributed by atoms with E-state index in [1.54, 1.807) is 0 Å². The van der Waals surface area contributed by atoms with Crippen LogP contribution < -0.4 is 4.72 Å². The molecular formula is C12H12Cl2N2O4S. The second-order valence-corrected chi connectivity index (χ2v) is 6.57. The second kappa shape index (κ2) is 7.61. The maximum atomic E-state index is 12.1. The monoisotopic (exact) mass is 350 g/mol. The first-order chi connectivity index (χ1) is 9.81. The molecule has 0 aliphatic heterocycles. The molecule has 1 aromatic rings. The Morgan fingerprint density at radius 3 is 2.57 bits per heavy atom. The number of halogens is 2. The maximum Gasteiger partial charge on any atom is 0.338 e. The average Bonchev–Trinajstić information content (AvgIpc) is 2.37. The third kappa shape index (κ3) is 4.58. The molecule has 0 spiro atoms. The topological polar surface area (TPSA) is 107 Å². The van der Waals surface area contributed by atoms with Crippen LogP contribution in [0.4, 0.5) is 0 Å². The molecule has 0 unspecified atom stereocenters. The van der Waals surface area contributed by atoms with Crippen molar-refractivity contribution in [3.8, 4) is 6.07 Å². The fraction of sp³-hybridized carbons (Fsp3) is 0.333. The number of sulfonamides is 1. The fourth-order valence-electron chi connectivity index (χ4n) is 1.55. The van der Waals surface area contributed by atoms with Gasteiger partial charge >= 0.3 is 5.97 Å². The van der Waals surface area contributed by atoms with Crippen molar-refractivity contribution < 1.29 is 18.3 Å². The highest BCUT2D eigenvalue weighted by molar-refractivity contribution is 7.89. The molecule has 0 saturated carbocycles. The van der Waals surface area contributed by atoms with E-state index < -0.39 is 26.6 Å². The molecule has 0 heterocycles. The summed E-state index contributed by atoms with van der Waals surface area (Å²) in [6.45, 7) is 0.130. The standard InChI is InChI=1S/C12H12Cl2N2O4S/c13-8-4-5-9(11(14)10(8)12(17)18)21(19,20)16-7-3-1-2-6-15/h4-5,16H,1-3,7H2,(H,17,18). The first kappa shape index (κ1) is 17.7. The van der Waals surface area contributed by atoms with Crippen LogP contribution in [0.15, 0.2) is 17.0 Å². The van der Waals surface area contributed by atoms with Gasteiger partial charge in [-0.2, -0.15) is 5.26 Å². The summed E-state index contributed by atoms with van der Waals surface area (Å²) in [5.41, 5.74) is -0.453. The van der Waals surface area contributed by atoms with Crippen LogP contribution in [0.5, 0.6) is 0 Å². The summed E-state index contributed by atoms with van der Waals surface area (Å²) in [5, 5.41) is 16.8. The summed E-state index contributed by atoms with van der Waals surface area (Å²) in [6.07, 6.45) is 1.39. The highest BCUT2D eigenvalue weighted by atomic mass is 35.5. The molecule has 0 saturated heterocycles. The van der Waals surface area contributed by atoms with Crippen molar-refractivity contribution in [2.45, 2.75) is 24.2 Å². The minimum absolute atomic E-state index is 0.130.